The molecule has 10 heteroatoms. The van der Waals surface area contributed by atoms with Crippen LogP contribution in [0, 0.1) is 0 Å². The van der Waals surface area contributed by atoms with Gasteiger partial charge in [-0.2, -0.15) is 4.31 Å². The summed E-state index contributed by atoms with van der Waals surface area (Å²) in [7, 11) is -0.598. The SMILES string of the molecule is COc1cccc(CC(NC(C)=O)C(=O)NC2CCN(S(=O)(=O)c3ccc4ccccc4c3)CC2)c1OC. The van der Waals surface area contributed by atoms with Gasteiger partial charge in [-0.25, -0.2) is 8.42 Å². The molecule has 1 saturated heterocycles. The predicted molar refractivity (Wildman–Crippen MR) is 145 cm³/mol. The van der Waals surface area contributed by atoms with Gasteiger partial charge < -0.3 is 20.1 Å². The van der Waals surface area contributed by atoms with Gasteiger partial charge in [0.2, 0.25) is 21.8 Å². The lowest BCUT2D eigenvalue weighted by Crippen LogP contribution is -2.53. The number of piperidine rings is 1. The van der Waals surface area contributed by atoms with Gasteiger partial charge in [-0.15, -0.1) is 0 Å². The summed E-state index contributed by atoms with van der Waals surface area (Å²) in [6, 6.07) is 17.1. The zero-order chi connectivity index (χ0) is 27.3. The molecule has 0 aliphatic carbocycles. The third kappa shape index (κ3) is 6.08. The minimum atomic E-state index is -3.65. The first kappa shape index (κ1) is 27.4. The van der Waals surface area contributed by atoms with Gasteiger partial charge in [-0.3, -0.25) is 9.59 Å². The Balaban J connectivity index is 1.41. The maximum Gasteiger partial charge on any atom is 0.243 e. The molecule has 0 spiro atoms. The molecule has 38 heavy (non-hydrogen) atoms. The summed E-state index contributed by atoms with van der Waals surface area (Å²) in [4.78, 5) is 25.3. The lowest BCUT2D eigenvalue weighted by Gasteiger charge is -2.32. The lowest BCUT2D eigenvalue weighted by atomic mass is 10.0. The number of methoxy groups -OCH3 is 2. The highest BCUT2D eigenvalue weighted by Gasteiger charge is 2.31. The lowest BCUT2D eigenvalue weighted by molar-refractivity contribution is -0.128. The van der Waals surface area contributed by atoms with Gasteiger partial charge in [0.05, 0.1) is 19.1 Å². The van der Waals surface area contributed by atoms with Gasteiger partial charge in [-0.1, -0.05) is 42.5 Å². The number of ether oxygens (including phenoxy) is 2. The smallest absolute Gasteiger partial charge is 0.243 e. The summed E-state index contributed by atoms with van der Waals surface area (Å²) < 4.78 is 38.8. The number of para-hydroxylation sites is 1. The predicted octanol–water partition coefficient (Wildman–Crippen LogP) is 2.87. The second-order valence-corrected chi connectivity index (χ2v) is 11.2. The second-order valence-electron chi connectivity index (χ2n) is 9.31. The Hall–Kier alpha value is -3.63. The maximum absolute atomic E-state index is 13.3. The molecule has 0 radical (unpaired) electrons. The van der Waals surface area contributed by atoms with E-state index in [2.05, 4.69) is 10.6 Å². The molecule has 1 unspecified atom stereocenters. The van der Waals surface area contributed by atoms with Crippen molar-refractivity contribution in [3.05, 3.63) is 66.2 Å². The zero-order valence-electron chi connectivity index (χ0n) is 21.8. The highest BCUT2D eigenvalue weighted by atomic mass is 32.2. The zero-order valence-corrected chi connectivity index (χ0v) is 22.6. The van der Waals surface area contributed by atoms with Crippen LogP contribution in [0.4, 0.5) is 0 Å². The number of sulfonamides is 1. The van der Waals surface area contributed by atoms with Crippen molar-refractivity contribution in [3.8, 4) is 11.5 Å². The van der Waals surface area contributed by atoms with Crippen LogP contribution in [-0.4, -0.2) is 63.9 Å². The molecular weight excluding hydrogens is 506 g/mol. The van der Waals surface area contributed by atoms with Crippen molar-refractivity contribution in [1.29, 1.82) is 0 Å². The van der Waals surface area contributed by atoms with E-state index in [1.165, 1.54) is 25.4 Å². The number of benzene rings is 3. The number of carbonyl (C=O) groups excluding carboxylic acids is 2. The molecule has 0 bridgehead atoms. The van der Waals surface area contributed by atoms with Crippen LogP contribution in [0.5, 0.6) is 11.5 Å². The standard InChI is InChI=1S/C28H33N3O6S/c1-19(32)29-25(18-22-9-6-10-26(36-2)27(22)37-3)28(33)30-23-13-15-31(16-14-23)38(34,35)24-12-11-20-7-4-5-8-21(20)17-24/h4-12,17,23,25H,13-16,18H2,1-3H3,(H,29,32)(H,30,33). The van der Waals surface area contributed by atoms with Crippen molar-refractivity contribution in [2.75, 3.05) is 27.3 Å². The van der Waals surface area contributed by atoms with Gasteiger partial charge in [0, 0.05) is 38.0 Å². The summed E-state index contributed by atoms with van der Waals surface area (Å²) in [6.07, 6.45) is 1.14. The monoisotopic (exact) mass is 539 g/mol. The van der Waals surface area contributed by atoms with E-state index in [1.54, 1.807) is 24.3 Å². The van der Waals surface area contributed by atoms with Crippen LogP contribution in [0.3, 0.4) is 0 Å². The normalized spacial score (nSPS) is 15.6. The minimum absolute atomic E-state index is 0.209. The van der Waals surface area contributed by atoms with E-state index in [0.29, 0.717) is 24.3 Å². The van der Waals surface area contributed by atoms with Crippen molar-refractivity contribution in [1.82, 2.24) is 14.9 Å². The Morgan fingerprint density at radius 2 is 1.68 bits per heavy atom. The van der Waals surface area contributed by atoms with Gasteiger partial charge in [0.25, 0.3) is 0 Å². The topological polar surface area (TPSA) is 114 Å². The van der Waals surface area contributed by atoms with E-state index in [0.717, 1.165) is 16.3 Å². The van der Waals surface area contributed by atoms with Gasteiger partial charge in [-0.05, 0) is 41.8 Å². The van der Waals surface area contributed by atoms with E-state index in [1.807, 2.05) is 36.4 Å². The number of carbonyl (C=O) groups is 2. The fourth-order valence-corrected chi connectivity index (χ4v) is 6.31. The average molecular weight is 540 g/mol. The molecule has 2 N–H and O–H groups in total. The van der Waals surface area contributed by atoms with E-state index in [-0.39, 0.29) is 42.3 Å². The van der Waals surface area contributed by atoms with Crippen LogP contribution < -0.4 is 20.1 Å². The Kier molecular flexibility index (Phi) is 8.53. The summed E-state index contributed by atoms with van der Waals surface area (Å²) in [6.45, 7) is 1.93. The van der Waals surface area contributed by atoms with Crippen molar-refractivity contribution in [3.63, 3.8) is 0 Å². The Morgan fingerprint density at radius 3 is 2.34 bits per heavy atom. The first-order valence-electron chi connectivity index (χ1n) is 12.5. The molecule has 3 aromatic carbocycles. The molecule has 2 amide bonds. The number of nitrogens with one attached hydrogen (secondary N) is 2. The molecule has 4 rings (SSSR count). The third-order valence-electron chi connectivity index (χ3n) is 6.76. The van der Waals surface area contributed by atoms with Crippen LogP contribution >= 0.6 is 0 Å². The summed E-state index contributed by atoms with van der Waals surface area (Å²) >= 11 is 0. The fraction of sp³-hybridized carbons (Fsp3) is 0.357. The maximum atomic E-state index is 13.3. The highest BCUT2D eigenvalue weighted by Crippen LogP contribution is 2.31. The largest absolute Gasteiger partial charge is 0.493 e. The molecule has 9 nitrogen and oxygen atoms in total. The first-order chi connectivity index (χ1) is 18.2. The molecule has 1 atom stereocenters. The fourth-order valence-electron chi connectivity index (χ4n) is 4.81. The summed E-state index contributed by atoms with van der Waals surface area (Å²) in [5, 5.41) is 7.57. The molecule has 3 aromatic rings. The van der Waals surface area contributed by atoms with Crippen LogP contribution in [-0.2, 0) is 26.0 Å². The quantitative estimate of drug-likeness (QED) is 0.432. The van der Waals surface area contributed by atoms with Crippen molar-refractivity contribution in [2.45, 2.75) is 43.2 Å². The minimum Gasteiger partial charge on any atom is -0.493 e. The Labute approximate surface area is 223 Å². The second kappa shape index (κ2) is 11.8. The molecule has 202 valence electrons. The first-order valence-corrected chi connectivity index (χ1v) is 13.9. The molecule has 1 aliphatic rings. The van der Waals surface area contributed by atoms with Crippen LogP contribution in [0.15, 0.2) is 65.6 Å². The number of amides is 2. The van der Waals surface area contributed by atoms with E-state index in [9.17, 15) is 18.0 Å². The molecule has 0 aromatic heterocycles. The molecular formula is C28H33N3O6S. The molecule has 1 aliphatic heterocycles. The third-order valence-corrected chi connectivity index (χ3v) is 8.66. The number of nitrogens with zero attached hydrogens (tertiary/aromatic N) is 1. The van der Waals surface area contributed by atoms with Gasteiger partial charge in [0.15, 0.2) is 11.5 Å². The van der Waals surface area contributed by atoms with Crippen LogP contribution in [0.1, 0.15) is 25.3 Å². The van der Waals surface area contributed by atoms with Crippen molar-refractivity contribution >= 4 is 32.6 Å². The highest BCUT2D eigenvalue weighted by molar-refractivity contribution is 7.89. The van der Waals surface area contributed by atoms with Crippen LogP contribution in [0.25, 0.3) is 10.8 Å². The molecule has 1 heterocycles. The summed E-state index contributed by atoms with van der Waals surface area (Å²) in [5.74, 6) is 0.376. The number of rotatable bonds is 9. The number of hydrogen-bond acceptors (Lipinski definition) is 6. The number of hydrogen-bond donors (Lipinski definition) is 2. The van der Waals surface area contributed by atoms with E-state index >= 15 is 0 Å². The van der Waals surface area contributed by atoms with E-state index < -0.39 is 16.1 Å². The number of fused-ring (bicyclic) bond motifs is 1. The molecule has 1 fully saturated rings. The summed E-state index contributed by atoms with van der Waals surface area (Å²) in [5.41, 5.74) is 0.719. The van der Waals surface area contributed by atoms with Gasteiger partial charge in [0.1, 0.15) is 6.04 Å². The van der Waals surface area contributed by atoms with Gasteiger partial charge >= 0.3 is 0 Å². The Bertz CT molecular complexity index is 1420. The van der Waals surface area contributed by atoms with Crippen molar-refractivity contribution < 1.29 is 27.5 Å². The molecule has 0 saturated carbocycles. The van der Waals surface area contributed by atoms with E-state index in [4.69, 9.17) is 9.47 Å². The van der Waals surface area contributed by atoms with Crippen molar-refractivity contribution in [2.24, 2.45) is 0 Å². The Morgan fingerprint density at radius 1 is 0.974 bits per heavy atom. The van der Waals surface area contributed by atoms with Crippen LogP contribution in [0.2, 0.25) is 0 Å². The average Bonchev–Trinajstić information content (AvgIpc) is 2.92.